The van der Waals surface area contributed by atoms with Gasteiger partial charge in [0.15, 0.2) is 11.6 Å². The second-order valence-electron chi connectivity index (χ2n) is 4.35. The number of oxazole rings is 1. The summed E-state index contributed by atoms with van der Waals surface area (Å²) in [7, 11) is 0. The molecule has 1 aliphatic rings. The molecule has 7 nitrogen and oxygen atoms in total. The number of amides is 2. The number of hydrogen-bond acceptors (Lipinski definition) is 5. The van der Waals surface area contributed by atoms with Crippen molar-refractivity contribution in [3.8, 4) is 0 Å². The highest BCUT2D eigenvalue weighted by molar-refractivity contribution is 5.92. The van der Waals surface area contributed by atoms with Crippen molar-refractivity contribution in [1.82, 2.24) is 15.3 Å². The maximum atomic E-state index is 12.1. The lowest BCUT2D eigenvalue weighted by atomic mass is 9.97. The Balaban J connectivity index is 2.05. The van der Waals surface area contributed by atoms with Crippen LogP contribution in [0.5, 0.6) is 0 Å². The first-order chi connectivity index (χ1) is 8.61. The molecule has 98 valence electrons. The number of carbonyl (C=O) groups excluding carboxylic acids is 2. The molecule has 2 rings (SSSR count). The summed E-state index contributed by atoms with van der Waals surface area (Å²) >= 11 is 0. The molecule has 1 fully saturated rings. The highest BCUT2D eigenvalue weighted by Crippen LogP contribution is 2.18. The Morgan fingerprint density at radius 1 is 1.61 bits per heavy atom. The van der Waals surface area contributed by atoms with Crippen molar-refractivity contribution in [3.63, 3.8) is 0 Å². The van der Waals surface area contributed by atoms with E-state index in [0.717, 1.165) is 12.8 Å². The number of hydrogen-bond donors (Lipinski definition) is 2. The van der Waals surface area contributed by atoms with Crippen LogP contribution in [0.3, 0.4) is 0 Å². The van der Waals surface area contributed by atoms with E-state index in [1.807, 2.05) is 0 Å². The average molecular weight is 252 g/mol. The van der Waals surface area contributed by atoms with E-state index in [1.165, 1.54) is 6.26 Å². The van der Waals surface area contributed by atoms with Gasteiger partial charge in [-0.1, -0.05) is 0 Å². The Bertz CT molecular complexity index is 457. The zero-order valence-corrected chi connectivity index (χ0v) is 10.2. The van der Waals surface area contributed by atoms with Crippen LogP contribution < -0.4 is 11.3 Å². The minimum Gasteiger partial charge on any atom is -0.448 e. The van der Waals surface area contributed by atoms with E-state index >= 15 is 0 Å². The van der Waals surface area contributed by atoms with Gasteiger partial charge in [-0.05, 0) is 12.8 Å². The quantitative estimate of drug-likeness (QED) is 0.432. The number of aryl methyl sites for hydroxylation is 1. The van der Waals surface area contributed by atoms with Crippen molar-refractivity contribution in [2.24, 2.45) is 11.8 Å². The van der Waals surface area contributed by atoms with Gasteiger partial charge in [-0.25, -0.2) is 10.8 Å². The molecule has 0 bridgehead atoms. The zero-order valence-electron chi connectivity index (χ0n) is 10.2. The lowest BCUT2D eigenvalue weighted by Gasteiger charge is -2.31. The Labute approximate surface area is 104 Å². The minimum absolute atomic E-state index is 0.207. The molecule has 0 aliphatic carbocycles. The molecule has 7 heteroatoms. The van der Waals surface area contributed by atoms with Gasteiger partial charge in [-0.2, -0.15) is 0 Å². The van der Waals surface area contributed by atoms with Crippen LogP contribution in [0.15, 0.2) is 10.7 Å². The van der Waals surface area contributed by atoms with Crippen molar-refractivity contribution in [2.75, 3.05) is 13.1 Å². The van der Waals surface area contributed by atoms with Crippen LogP contribution in [0.4, 0.5) is 0 Å². The third-order valence-corrected chi connectivity index (χ3v) is 3.06. The molecule has 18 heavy (non-hydrogen) atoms. The lowest BCUT2D eigenvalue weighted by Crippen LogP contribution is -2.47. The Morgan fingerprint density at radius 3 is 3.00 bits per heavy atom. The summed E-state index contributed by atoms with van der Waals surface area (Å²) in [6, 6.07) is 0. The lowest BCUT2D eigenvalue weighted by molar-refractivity contribution is -0.126. The van der Waals surface area contributed by atoms with E-state index in [9.17, 15) is 9.59 Å². The fourth-order valence-corrected chi connectivity index (χ4v) is 2.12. The van der Waals surface area contributed by atoms with Crippen LogP contribution in [0.2, 0.25) is 0 Å². The molecule has 0 aromatic carbocycles. The molecule has 2 heterocycles. The predicted molar refractivity (Wildman–Crippen MR) is 62.2 cm³/mol. The molecule has 3 N–H and O–H groups in total. The third kappa shape index (κ3) is 2.51. The molecule has 0 radical (unpaired) electrons. The number of hydrazine groups is 1. The topological polar surface area (TPSA) is 101 Å². The van der Waals surface area contributed by atoms with E-state index in [4.69, 9.17) is 10.3 Å². The maximum absolute atomic E-state index is 12.1. The number of nitrogens with zero attached hydrogens (tertiary/aromatic N) is 2. The number of aromatic nitrogens is 1. The molecule has 0 spiro atoms. The van der Waals surface area contributed by atoms with E-state index in [2.05, 4.69) is 10.4 Å². The Morgan fingerprint density at radius 2 is 2.39 bits per heavy atom. The molecule has 1 saturated heterocycles. The molecule has 1 aromatic heterocycles. The van der Waals surface area contributed by atoms with Gasteiger partial charge in [0, 0.05) is 20.0 Å². The van der Waals surface area contributed by atoms with Crippen molar-refractivity contribution in [1.29, 1.82) is 0 Å². The largest absolute Gasteiger partial charge is 0.448 e. The average Bonchev–Trinajstić information content (AvgIpc) is 2.83. The molecule has 1 aromatic rings. The van der Waals surface area contributed by atoms with E-state index in [0.29, 0.717) is 19.0 Å². The summed E-state index contributed by atoms with van der Waals surface area (Å²) in [5, 5.41) is 0. The number of rotatable bonds is 2. The first-order valence-electron chi connectivity index (χ1n) is 5.83. The molecular weight excluding hydrogens is 236 g/mol. The number of carbonyl (C=O) groups is 2. The van der Waals surface area contributed by atoms with Gasteiger partial charge in [-0.3, -0.25) is 15.0 Å². The first-order valence-corrected chi connectivity index (χ1v) is 5.83. The Hall–Kier alpha value is -1.89. The predicted octanol–water partition coefficient (Wildman–Crippen LogP) is -0.175. The Kier molecular flexibility index (Phi) is 3.61. The molecule has 1 atom stereocenters. The molecule has 2 amide bonds. The fourth-order valence-electron chi connectivity index (χ4n) is 2.12. The van der Waals surface area contributed by atoms with Gasteiger partial charge in [0.05, 0.1) is 5.92 Å². The summed E-state index contributed by atoms with van der Waals surface area (Å²) < 4.78 is 5.01. The number of nitrogens with one attached hydrogen (secondary N) is 1. The van der Waals surface area contributed by atoms with Crippen LogP contribution in [-0.2, 0) is 4.79 Å². The van der Waals surface area contributed by atoms with Crippen LogP contribution in [0.25, 0.3) is 0 Å². The van der Waals surface area contributed by atoms with E-state index in [-0.39, 0.29) is 23.4 Å². The fraction of sp³-hybridized carbons (Fsp3) is 0.545. The van der Waals surface area contributed by atoms with E-state index in [1.54, 1.807) is 11.8 Å². The normalized spacial score (nSPS) is 19.7. The molecule has 1 unspecified atom stereocenters. The highest BCUT2D eigenvalue weighted by Gasteiger charge is 2.29. The number of likely N-dealkylation sites (tertiary alicyclic amines) is 1. The summed E-state index contributed by atoms with van der Waals surface area (Å²) in [6.07, 6.45) is 2.86. The van der Waals surface area contributed by atoms with Gasteiger partial charge >= 0.3 is 0 Å². The monoisotopic (exact) mass is 252 g/mol. The van der Waals surface area contributed by atoms with Crippen molar-refractivity contribution in [2.45, 2.75) is 19.8 Å². The highest BCUT2D eigenvalue weighted by atomic mass is 16.3. The molecular formula is C11H16N4O3. The van der Waals surface area contributed by atoms with Crippen molar-refractivity contribution in [3.05, 3.63) is 17.8 Å². The standard InChI is InChI=1S/C11H16N4O3/c1-7-13-9(6-18-7)11(17)15-4-2-3-8(5-15)10(16)14-12/h6,8H,2-5,12H2,1H3,(H,14,16). The number of piperidine rings is 1. The van der Waals surface area contributed by atoms with Gasteiger partial charge < -0.3 is 9.32 Å². The maximum Gasteiger partial charge on any atom is 0.275 e. The summed E-state index contributed by atoms with van der Waals surface area (Å²) in [6.45, 7) is 2.67. The molecule has 1 aliphatic heterocycles. The van der Waals surface area contributed by atoms with Crippen LogP contribution in [0.1, 0.15) is 29.2 Å². The zero-order chi connectivity index (χ0) is 13.1. The smallest absolute Gasteiger partial charge is 0.275 e. The number of nitrogens with two attached hydrogens (primary N) is 1. The van der Waals surface area contributed by atoms with Crippen LogP contribution in [-0.4, -0.2) is 34.8 Å². The third-order valence-electron chi connectivity index (χ3n) is 3.06. The summed E-state index contributed by atoms with van der Waals surface area (Å²) in [5.41, 5.74) is 2.41. The second-order valence-corrected chi connectivity index (χ2v) is 4.35. The van der Waals surface area contributed by atoms with Gasteiger partial charge in [0.25, 0.3) is 5.91 Å². The van der Waals surface area contributed by atoms with Gasteiger partial charge in [-0.15, -0.1) is 0 Å². The van der Waals surface area contributed by atoms with Gasteiger partial charge in [0.1, 0.15) is 6.26 Å². The van der Waals surface area contributed by atoms with E-state index < -0.39 is 0 Å². The second kappa shape index (κ2) is 5.18. The SMILES string of the molecule is Cc1nc(C(=O)N2CCCC(C(=O)NN)C2)co1. The van der Waals surface area contributed by atoms with Crippen molar-refractivity contribution < 1.29 is 14.0 Å². The first kappa shape index (κ1) is 12.6. The summed E-state index contributed by atoms with van der Waals surface area (Å²) in [5.74, 6) is 4.87. The van der Waals surface area contributed by atoms with Gasteiger partial charge in [0.2, 0.25) is 5.91 Å². The van der Waals surface area contributed by atoms with Crippen LogP contribution in [0, 0.1) is 12.8 Å². The van der Waals surface area contributed by atoms with Crippen molar-refractivity contribution >= 4 is 11.8 Å². The molecule has 0 saturated carbocycles. The summed E-state index contributed by atoms with van der Waals surface area (Å²) in [4.78, 5) is 29.2. The minimum atomic E-state index is -0.249. The van der Waals surface area contributed by atoms with Crippen LogP contribution >= 0.6 is 0 Å².